The van der Waals surface area contributed by atoms with Gasteiger partial charge in [-0.2, -0.15) is 0 Å². The SMILES string of the molecule is CN(CC(=O)N(C)C(CN1CCCC1)c1ccc(-c2ccc(C(N)=O)cc2)cc1)c1ccc(Cl)c(Cl)c1. The largest absolute Gasteiger partial charge is 0.366 e. The molecule has 8 heteroatoms. The summed E-state index contributed by atoms with van der Waals surface area (Å²) in [5.41, 5.74) is 9.79. The van der Waals surface area contributed by atoms with Crippen LogP contribution in [0.5, 0.6) is 0 Å². The lowest BCUT2D eigenvalue weighted by Gasteiger charge is -2.33. The van der Waals surface area contributed by atoms with Crippen LogP contribution in [-0.4, -0.2) is 61.9 Å². The van der Waals surface area contributed by atoms with Gasteiger partial charge in [-0.1, -0.05) is 59.6 Å². The third kappa shape index (κ3) is 6.63. The molecule has 2 N–H and O–H groups in total. The summed E-state index contributed by atoms with van der Waals surface area (Å²) in [4.78, 5) is 30.9. The summed E-state index contributed by atoms with van der Waals surface area (Å²) >= 11 is 12.2. The van der Waals surface area contributed by atoms with Gasteiger partial charge < -0.3 is 20.4 Å². The van der Waals surface area contributed by atoms with E-state index in [-0.39, 0.29) is 18.5 Å². The number of halogens is 2. The second kappa shape index (κ2) is 12.0. The van der Waals surface area contributed by atoms with E-state index in [2.05, 4.69) is 29.2 Å². The zero-order valence-corrected chi connectivity index (χ0v) is 22.7. The number of carbonyl (C=O) groups excluding carboxylic acids is 2. The molecule has 0 aliphatic carbocycles. The first-order chi connectivity index (χ1) is 17.7. The second-order valence-corrected chi connectivity index (χ2v) is 10.4. The summed E-state index contributed by atoms with van der Waals surface area (Å²) in [7, 11) is 3.75. The maximum atomic E-state index is 13.4. The van der Waals surface area contributed by atoms with E-state index in [9.17, 15) is 9.59 Å². The van der Waals surface area contributed by atoms with E-state index in [0.29, 0.717) is 15.6 Å². The molecule has 6 nitrogen and oxygen atoms in total. The average Bonchev–Trinajstić information content (AvgIpc) is 3.42. The van der Waals surface area contributed by atoms with E-state index in [4.69, 9.17) is 28.9 Å². The van der Waals surface area contributed by atoms with Gasteiger partial charge in [0.15, 0.2) is 0 Å². The van der Waals surface area contributed by atoms with E-state index in [1.54, 1.807) is 24.3 Å². The number of amides is 2. The molecule has 0 radical (unpaired) electrons. The summed E-state index contributed by atoms with van der Waals surface area (Å²) in [5.74, 6) is -0.423. The van der Waals surface area contributed by atoms with Crippen molar-refractivity contribution in [2.75, 3.05) is 45.2 Å². The molecule has 1 saturated heterocycles. The van der Waals surface area contributed by atoms with Gasteiger partial charge >= 0.3 is 0 Å². The number of nitrogens with zero attached hydrogens (tertiary/aromatic N) is 3. The van der Waals surface area contributed by atoms with Crippen LogP contribution in [0.15, 0.2) is 66.7 Å². The van der Waals surface area contributed by atoms with Crippen LogP contribution >= 0.6 is 23.2 Å². The molecule has 194 valence electrons. The molecule has 0 aromatic heterocycles. The Labute approximate surface area is 228 Å². The van der Waals surface area contributed by atoms with Gasteiger partial charge in [0.1, 0.15) is 0 Å². The highest BCUT2D eigenvalue weighted by molar-refractivity contribution is 6.42. The molecule has 3 aromatic rings. The minimum Gasteiger partial charge on any atom is -0.366 e. The number of benzene rings is 3. The number of hydrogen-bond acceptors (Lipinski definition) is 4. The Kier molecular flexibility index (Phi) is 8.75. The molecule has 4 rings (SSSR count). The molecule has 0 saturated carbocycles. The van der Waals surface area contributed by atoms with Crippen LogP contribution < -0.4 is 10.6 Å². The maximum absolute atomic E-state index is 13.4. The van der Waals surface area contributed by atoms with Gasteiger partial charge in [0, 0.05) is 31.9 Å². The molecule has 0 bridgehead atoms. The maximum Gasteiger partial charge on any atom is 0.248 e. The molecule has 1 heterocycles. The van der Waals surface area contributed by atoms with E-state index in [1.165, 1.54) is 12.8 Å². The fraction of sp³-hybridized carbons (Fsp3) is 0.310. The average molecular weight is 540 g/mol. The molecule has 2 amide bonds. The Morgan fingerprint density at radius 1 is 0.892 bits per heavy atom. The lowest BCUT2D eigenvalue weighted by Crippen LogP contribution is -2.42. The smallest absolute Gasteiger partial charge is 0.248 e. The van der Waals surface area contributed by atoms with E-state index >= 15 is 0 Å². The number of carbonyl (C=O) groups is 2. The minimum absolute atomic E-state index is 0.0175. The normalized spacial score (nSPS) is 14.4. The van der Waals surface area contributed by atoms with Crippen molar-refractivity contribution in [2.24, 2.45) is 5.73 Å². The van der Waals surface area contributed by atoms with Crippen LogP contribution in [0.1, 0.15) is 34.8 Å². The predicted molar refractivity (Wildman–Crippen MR) is 151 cm³/mol. The monoisotopic (exact) mass is 538 g/mol. The molecule has 1 aliphatic rings. The number of rotatable bonds is 9. The van der Waals surface area contributed by atoms with Crippen molar-refractivity contribution in [3.63, 3.8) is 0 Å². The zero-order valence-electron chi connectivity index (χ0n) is 21.2. The van der Waals surface area contributed by atoms with Crippen LogP contribution in [0.4, 0.5) is 5.69 Å². The highest BCUT2D eigenvalue weighted by Gasteiger charge is 2.26. The Balaban J connectivity index is 1.52. The van der Waals surface area contributed by atoms with Crippen LogP contribution in [0.2, 0.25) is 10.0 Å². The lowest BCUT2D eigenvalue weighted by atomic mass is 9.99. The summed E-state index contributed by atoms with van der Waals surface area (Å²) in [6.07, 6.45) is 2.37. The highest BCUT2D eigenvalue weighted by Crippen LogP contribution is 2.29. The van der Waals surface area contributed by atoms with Gasteiger partial charge in [0.05, 0.1) is 22.6 Å². The van der Waals surface area contributed by atoms with Crippen molar-refractivity contribution < 1.29 is 9.59 Å². The molecule has 37 heavy (non-hydrogen) atoms. The quantitative estimate of drug-likeness (QED) is 0.391. The number of primary amides is 1. The molecule has 1 aliphatic heterocycles. The van der Waals surface area contributed by atoms with Crippen LogP contribution in [-0.2, 0) is 4.79 Å². The fourth-order valence-electron chi connectivity index (χ4n) is 4.69. The van der Waals surface area contributed by atoms with Crippen molar-refractivity contribution in [3.05, 3.63) is 87.9 Å². The first-order valence-electron chi connectivity index (χ1n) is 12.4. The number of anilines is 1. The predicted octanol–water partition coefficient (Wildman–Crippen LogP) is 5.49. The third-order valence-corrected chi connectivity index (χ3v) is 7.74. The fourth-order valence-corrected chi connectivity index (χ4v) is 4.98. The van der Waals surface area contributed by atoms with E-state index < -0.39 is 5.91 Å². The number of likely N-dealkylation sites (tertiary alicyclic amines) is 1. The number of nitrogens with two attached hydrogens (primary N) is 1. The molecular formula is C29H32Cl2N4O2. The Hall–Kier alpha value is -3.06. The number of hydrogen-bond donors (Lipinski definition) is 1. The van der Waals surface area contributed by atoms with Crippen molar-refractivity contribution >= 4 is 40.7 Å². The standard InChI is InChI=1S/C29H32Cl2N4O2/c1-33(24-13-14-25(30)26(31)17-24)19-28(36)34(2)27(18-35-15-3-4-16-35)22-9-5-20(6-10-22)21-7-11-23(12-8-21)29(32)37/h5-14,17,27H,3-4,15-16,18-19H2,1-2H3,(H2,32,37). The Morgan fingerprint density at radius 2 is 1.49 bits per heavy atom. The molecule has 0 spiro atoms. The Bertz CT molecular complexity index is 1240. The van der Waals surface area contributed by atoms with Gasteiger partial charge in [0.25, 0.3) is 0 Å². The molecule has 1 fully saturated rings. The molecular weight excluding hydrogens is 507 g/mol. The summed E-state index contributed by atoms with van der Waals surface area (Å²) in [6.45, 7) is 3.10. The van der Waals surface area contributed by atoms with Gasteiger partial charge in [0.2, 0.25) is 11.8 Å². The zero-order chi connectivity index (χ0) is 26.5. The summed E-state index contributed by atoms with van der Waals surface area (Å²) in [6, 6.07) is 20.8. The molecule has 3 aromatic carbocycles. The first-order valence-corrected chi connectivity index (χ1v) is 13.1. The first kappa shape index (κ1) is 27.0. The Morgan fingerprint density at radius 3 is 2.05 bits per heavy atom. The summed E-state index contributed by atoms with van der Waals surface area (Å²) < 4.78 is 0. The third-order valence-electron chi connectivity index (χ3n) is 7.01. The van der Waals surface area contributed by atoms with Crippen molar-refractivity contribution in [3.8, 4) is 11.1 Å². The van der Waals surface area contributed by atoms with Crippen molar-refractivity contribution in [2.45, 2.75) is 18.9 Å². The molecule has 1 atom stereocenters. The van der Waals surface area contributed by atoms with Crippen molar-refractivity contribution in [1.29, 1.82) is 0 Å². The van der Waals surface area contributed by atoms with Gasteiger partial charge in [-0.05, 0) is 73.0 Å². The van der Waals surface area contributed by atoms with Gasteiger partial charge in [-0.3, -0.25) is 9.59 Å². The van der Waals surface area contributed by atoms with Crippen molar-refractivity contribution in [1.82, 2.24) is 9.80 Å². The van der Waals surface area contributed by atoms with Gasteiger partial charge in [-0.25, -0.2) is 0 Å². The van der Waals surface area contributed by atoms with E-state index in [1.807, 2.05) is 42.1 Å². The van der Waals surface area contributed by atoms with Gasteiger partial charge in [-0.15, -0.1) is 0 Å². The summed E-state index contributed by atoms with van der Waals surface area (Å²) in [5, 5.41) is 0.947. The minimum atomic E-state index is -0.441. The second-order valence-electron chi connectivity index (χ2n) is 9.55. The number of likely N-dealkylation sites (N-methyl/N-ethyl adjacent to an activating group) is 2. The lowest BCUT2D eigenvalue weighted by molar-refractivity contribution is -0.131. The molecule has 1 unspecified atom stereocenters. The van der Waals surface area contributed by atoms with E-state index in [0.717, 1.165) is 42.0 Å². The van der Waals surface area contributed by atoms with Crippen LogP contribution in [0.3, 0.4) is 0 Å². The van der Waals surface area contributed by atoms with Crippen LogP contribution in [0.25, 0.3) is 11.1 Å². The van der Waals surface area contributed by atoms with Crippen LogP contribution in [0, 0.1) is 0 Å². The highest BCUT2D eigenvalue weighted by atomic mass is 35.5. The topological polar surface area (TPSA) is 69.9 Å².